The first-order chi connectivity index (χ1) is 63.1. The molecular formula is C93H86F2N18O13S4. The van der Waals surface area contributed by atoms with Crippen LogP contribution in [0.15, 0.2) is 159 Å². The van der Waals surface area contributed by atoms with Crippen LogP contribution in [0.1, 0.15) is 142 Å². The van der Waals surface area contributed by atoms with Gasteiger partial charge in [-0.3, -0.25) is 47.8 Å². The van der Waals surface area contributed by atoms with Gasteiger partial charge in [-0.05, 0) is 198 Å². The third-order valence-corrected chi connectivity index (χ3v) is 27.1. The molecule has 0 atom stereocenters. The number of thiazole rings is 4. The molecule has 4 N–H and O–H groups in total. The van der Waals surface area contributed by atoms with Crippen molar-refractivity contribution in [3.63, 3.8) is 0 Å². The minimum atomic E-state index is -2.68. The molecule has 5 saturated carbocycles. The van der Waals surface area contributed by atoms with Gasteiger partial charge >= 0.3 is 24.4 Å². The molecule has 1 saturated heterocycles. The fourth-order valence-corrected chi connectivity index (χ4v) is 19.8. The summed E-state index contributed by atoms with van der Waals surface area (Å²) in [6.07, 6.45) is 26.5. The molecule has 1 aliphatic heterocycles. The number of aromatic nitrogens is 14. The summed E-state index contributed by atoms with van der Waals surface area (Å²) >= 11 is 5.60. The monoisotopic (exact) mass is 1830 g/mol. The second-order valence-corrected chi connectivity index (χ2v) is 37.1. The summed E-state index contributed by atoms with van der Waals surface area (Å²) < 4.78 is 63.4. The number of nitrogens with zero attached hydrogens (tertiary/aromatic N) is 14. The highest BCUT2D eigenvalue weighted by atomic mass is 32.1. The Labute approximate surface area is 755 Å². The van der Waals surface area contributed by atoms with E-state index >= 15 is 0 Å². The molecule has 664 valence electrons. The van der Waals surface area contributed by atoms with E-state index in [1.54, 1.807) is 60.1 Å². The third-order valence-electron chi connectivity index (χ3n) is 23.5. The van der Waals surface area contributed by atoms with E-state index in [-0.39, 0.29) is 85.6 Å². The molecule has 6 aliphatic rings. The Bertz CT molecular complexity index is 6860. The first-order valence-corrected chi connectivity index (χ1v) is 46.6. The highest BCUT2D eigenvalue weighted by Crippen LogP contribution is 2.41. The van der Waals surface area contributed by atoms with Gasteiger partial charge in [0.05, 0.1) is 88.2 Å². The molecule has 31 nitrogen and oxygen atoms in total. The van der Waals surface area contributed by atoms with E-state index < -0.39 is 30.3 Å². The minimum Gasteiger partial charge on any atom is -0.446 e. The zero-order chi connectivity index (χ0) is 89.3. The highest BCUT2D eigenvalue weighted by molar-refractivity contribution is 7.23. The Balaban J connectivity index is 0.000000112. The van der Waals surface area contributed by atoms with Gasteiger partial charge in [0.15, 0.2) is 26.2 Å². The Morgan fingerprint density at radius 3 is 1.19 bits per heavy atom. The van der Waals surface area contributed by atoms with E-state index in [4.69, 9.17) is 28.7 Å². The number of amides is 4. The number of anilines is 4. The molecule has 14 heterocycles. The van der Waals surface area contributed by atoms with Crippen LogP contribution in [0.4, 0.5) is 48.5 Å². The Morgan fingerprint density at radius 1 is 0.369 bits per heavy atom. The molecule has 37 heteroatoms. The van der Waals surface area contributed by atoms with Crippen molar-refractivity contribution in [2.24, 2.45) is 11.8 Å². The molecule has 6 fully saturated rings. The van der Waals surface area contributed by atoms with E-state index in [2.05, 4.69) is 66.1 Å². The second kappa shape index (κ2) is 37.4. The van der Waals surface area contributed by atoms with Gasteiger partial charge in [0, 0.05) is 117 Å². The maximum absolute atomic E-state index is 13.4. The zero-order valence-corrected chi connectivity index (χ0v) is 73.8. The summed E-state index contributed by atoms with van der Waals surface area (Å²) in [5.41, 5.74) is 15.2. The van der Waals surface area contributed by atoms with Crippen molar-refractivity contribution in [3.05, 3.63) is 159 Å². The number of benzene rings is 3. The van der Waals surface area contributed by atoms with Crippen molar-refractivity contribution in [2.45, 2.75) is 173 Å². The maximum Gasteiger partial charge on any atom is 0.420 e. The quantitative estimate of drug-likeness (QED) is 0.0735. The van der Waals surface area contributed by atoms with Gasteiger partial charge in [-0.2, -0.15) is 0 Å². The van der Waals surface area contributed by atoms with Crippen LogP contribution in [-0.2, 0) is 42.9 Å². The normalized spacial score (nSPS) is 16.2. The van der Waals surface area contributed by atoms with E-state index in [0.717, 1.165) is 168 Å². The minimum absolute atomic E-state index is 0.00128. The predicted octanol–water partition coefficient (Wildman–Crippen LogP) is 21.0. The van der Waals surface area contributed by atoms with Crippen molar-refractivity contribution >= 4 is 199 Å². The van der Waals surface area contributed by atoms with Crippen molar-refractivity contribution in [1.82, 2.24) is 68.1 Å². The lowest BCUT2D eigenvalue weighted by Gasteiger charge is -2.27. The van der Waals surface area contributed by atoms with E-state index in [1.807, 2.05) is 97.1 Å². The number of ether oxygens (including phenoxy) is 5. The molecule has 0 unspecified atom stereocenters. The summed E-state index contributed by atoms with van der Waals surface area (Å²) in [7, 11) is 0. The van der Waals surface area contributed by atoms with Crippen molar-refractivity contribution in [1.29, 1.82) is 0 Å². The summed E-state index contributed by atoms with van der Waals surface area (Å²) in [5.74, 6) is -2.70. The van der Waals surface area contributed by atoms with Crippen LogP contribution < -0.4 is 21.3 Å². The predicted molar refractivity (Wildman–Crippen MR) is 493 cm³/mol. The first kappa shape index (κ1) is 86.0. The largest absolute Gasteiger partial charge is 0.446 e. The summed E-state index contributed by atoms with van der Waals surface area (Å²) in [5, 5.41) is 13.5. The highest BCUT2D eigenvalue weighted by Gasteiger charge is 2.38. The fourth-order valence-electron chi connectivity index (χ4n) is 16.2. The molecule has 4 amide bonds. The van der Waals surface area contributed by atoms with E-state index in [9.17, 15) is 47.1 Å². The van der Waals surface area contributed by atoms with Gasteiger partial charge in [-0.25, -0.2) is 67.4 Å². The van der Waals surface area contributed by atoms with Gasteiger partial charge in [-0.1, -0.05) is 76.4 Å². The lowest BCUT2D eigenvalue weighted by Crippen LogP contribution is -2.31. The number of nitrogens with one attached hydrogen (secondary N) is 4. The molecular weight excluding hydrogens is 1740 g/mol. The number of imidazole rings is 1. The standard InChI is InChI=1S/C25H22F2N4O3S.C23H21N5O4S.C23H22N4O3S.C22H21N5O3S/c26-25(27)8-5-17(6-9-25)34-24(33)31-10-7-18-20(31)11-16(13-28-18)15-3-4-19-21(12-15)35-23(29-19)30-22(32)14-1-2-14;29-20(13-1-2-13)27-22-26-18-4-3-16(25-21(18)33-22)14-11-19-17(24-12-14)5-8-28(19)23(30)32-15-6-9-31-10-7-15;1-14(28)25-22-26-19-8-7-15(12-21(19)31-22)16-11-20-18(24-13-16)9-10-27(20)23(29)30-17-5-3-2-4-6-17;1-13(28)25-21-26-17-8-7-14(10-19(17)31-21)15-9-18-20(23-11-15)24-12-27(18)22(29)30-16-5-3-2-4-6-16/h3-4,7,10-14,17H,1-2,5-6,8-9H2,(H,29,30,32);3-5,8,11-13,15H,1-2,6-7,9-10H2,(H,26,27,29);7-13,17H,2-6H2,1H3,(H,25,26,28);7-12,16H,2-6H2,1H3,(H,25,26,28). The molecule has 13 aromatic heterocycles. The first-order valence-electron chi connectivity index (χ1n) is 43.3. The number of rotatable bonds is 14. The van der Waals surface area contributed by atoms with Gasteiger partial charge in [0.1, 0.15) is 41.1 Å². The number of carbonyl (C=O) groups excluding carboxylic acids is 8. The molecule has 0 spiro atoms. The van der Waals surface area contributed by atoms with Crippen LogP contribution >= 0.6 is 45.3 Å². The Morgan fingerprint density at radius 2 is 0.746 bits per heavy atom. The van der Waals surface area contributed by atoms with Crippen molar-refractivity contribution in [3.8, 4) is 44.6 Å². The second-order valence-electron chi connectivity index (χ2n) is 33.1. The molecule has 16 aromatic rings. The fraction of sp³-hybridized carbons (Fsp3) is 0.333. The number of alkyl halides is 2. The number of carbonyl (C=O) groups is 8. The van der Waals surface area contributed by atoms with Gasteiger partial charge in [0.2, 0.25) is 29.6 Å². The summed E-state index contributed by atoms with van der Waals surface area (Å²) in [4.78, 5) is 143. The molecule has 0 bridgehead atoms. The van der Waals surface area contributed by atoms with Crippen molar-refractivity contribution < 1.29 is 70.8 Å². The smallest absolute Gasteiger partial charge is 0.420 e. The van der Waals surface area contributed by atoms with Crippen LogP contribution in [-0.4, -0.2) is 160 Å². The molecule has 22 rings (SSSR count). The van der Waals surface area contributed by atoms with Gasteiger partial charge in [0.25, 0.3) is 0 Å². The van der Waals surface area contributed by atoms with E-state index in [0.29, 0.717) is 85.5 Å². The number of pyridine rings is 5. The number of halogens is 2. The topological polar surface area (TPSA) is 379 Å². The average Bonchev–Trinajstić information content (AvgIpc) is 1.63. The van der Waals surface area contributed by atoms with Crippen molar-refractivity contribution in [2.75, 3.05) is 34.5 Å². The zero-order valence-electron chi connectivity index (χ0n) is 70.5. The van der Waals surface area contributed by atoms with Crippen LogP contribution in [0, 0.1) is 11.8 Å². The van der Waals surface area contributed by atoms with Crippen LogP contribution in [0.5, 0.6) is 0 Å². The molecule has 130 heavy (non-hydrogen) atoms. The van der Waals surface area contributed by atoms with Crippen LogP contribution in [0.2, 0.25) is 0 Å². The summed E-state index contributed by atoms with van der Waals surface area (Å²) in [6, 6.07) is 34.3. The van der Waals surface area contributed by atoms with Crippen LogP contribution in [0.25, 0.3) is 130 Å². The maximum atomic E-state index is 13.4. The third kappa shape index (κ3) is 19.9. The number of hydrogen-bond donors (Lipinski definition) is 4. The molecule has 0 radical (unpaired) electrons. The lowest BCUT2D eigenvalue weighted by molar-refractivity contribution is -0.118. The average molecular weight is 1830 g/mol. The molecule has 5 aliphatic carbocycles. The Hall–Kier alpha value is -13.4. The molecule has 3 aromatic carbocycles. The van der Waals surface area contributed by atoms with E-state index in [1.165, 1.54) is 92.1 Å². The summed E-state index contributed by atoms with van der Waals surface area (Å²) in [6.45, 7) is 4.13. The van der Waals surface area contributed by atoms with Crippen LogP contribution in [0.3, 0.4) is 0 Å². The SMILES string of the molecule is CC(=O)Nc1nc2ccc(-c3cnc4ccn(C(=O)OC5CCCCC5)c4c3)cc2s1.CC(=O)Nc1nc2ccc(-c3cnc4ncn(C(=O)OC5CCCCC5)c4c3)cc2s1.O=C(Nc1nc2ccc(-c3cnc4ccn(C(=O)OC5CCC(F)(F)CC5)c4c3)cc2s1)C1CC1.O=C(Nc1nc2ccc(-c3cnc4ccn(C(=O)OC5CCOCC5)c4c3)nc2s1)C1CC1. The number of hydrogen-bond acceptors (Lipinski definition) is 27. The lowest BCUT2D eigenvalue weighted by atomic mass is 9.94. The Kier molecular flexibility index (Phi) is 24.7. The van der Waals surface area contributed by atoms with Gasteiger partial charge in [-0.15, -0.1) is 0 Å². The van der Waals surface area contributed by atoms with Gasteiger partial charge < -0.3 is 45.0 Å². The number of fused-ring (bicyclic) bond motifs is 8.